The van der Waals surface area contributed by atoms with Crippen molar-refractivity contribution in [2.45, 2.75) is 58.9 Å². The fourth-order valence-corrected chi connectivity index (χ4v) is 4.05. The van der Waals surface area contributed by atoms with Gasteiger partial charge in [-0.2, -0.15) is 0 Å². The highest BCUT2D eigenvalue weighted by atomic mass is 15.0. The fraction of sp³-hybridized carbons (Fsp3) is 0.333. The van der Waals surface area contributed by atoms with Crippen LogP contribution in [0.4, 0.5) is 34.1 Å². The first-order valence-corrected chi connectivity index (χ1v) is 11.6. The molecule has 0 bridgehead atoms. The number of fused-ring (bicyclic) bond motifs is 2. The van der Waals surface area contributed by atoms with Gasteiger partial charge in [-0.05, 0) is 72.7 Å². The molecule has 0 unspecified atom stereocenters. The summed E-state index contributed by atoms with van der Waals surface area (Å²) in [5, 5.41) is 10.7. The van der Waals surface area contributed by atoms with Crippen molar-refractivity contribution in [3.63, 3.8) is 0 Å². The number of nitrogens with one attached hydrogen (secondary N) is 3. The molecule has 1 heterocycles. The second-order valence-electron chi connectivity index (χ2n) is 8.48. The number of hydrogen-bond acceptors (Lipinski definition) is 4. The van der Waals surface area contributed by atoms with Crippen molar-refractivity contribution in [1.82, 2.24) is 0 Å². The second-order valence-corrected chi connectivity index (χ2v) is 8.48. The molecule has 4 rings (SSSR count). The summed E-state index contributed by atoms with van der Waals surface area (Å²) in [6.07, 6.45) is 7.16. The molecule has 0 saturated heterocycles. The van der Waals surface area contributed by atoms with Gasteiger partial charge in [0.25, 0.3) is 0 Å². The molecule has 0 aliphatic carbocycles. The Morgan fingerprint density at radius 1 is 0.806 bits per heavy atom. The van der Waals surface area contributed by atoms with Gasteiger partial charge in [-0.3, -0.25) is 0 Å². The lowest BCUT2D eigenvalue weighted by atomic mass is 10.0. The van der Waals surface area contributed by atoms with E-state index in [-0.39, 0.29) is 0 Å². The van der Waals surface area contributed by atoms with Crippen LogP contribution in [-0.4, -0.2) is 0 Å². The molecule has 3 aromatic carbocycles. The number of nitrogens with two attached hydrogens (primary N) is 1. The van der Waals surface area contributed by atoms with Crippen molar-refractivity contribution < 1.29 is 0 Å². The maximum absolute atomic E-state index is 6.39. The van der Waals surface area contributed by atoms with E-state index in [0.717, 1.165) is 53.5 Å². The SMILES string of the molecule is CCCCc1ccc(Nc2cc3c(cc2N)NCc2cc(CCCC)ccc2N3)cc1. The maximum atomic E-state index is 6.39. The second kappa shape index (κ2) is 9.78. The summed E-state index contributed by atoms with van der Waals surface area (Å²) < 4.78 is 0. The van der Waals surface area contributed by atoms with Crippen molar-refractivity contribution in [3.05, 3.63) is 71.3 Å². The molecule has 5 N–H and O–H groups in total. The Bertz CT molecular complexity index is 1020. The van der Waals surface area contributed by atoms with E-state index in [2.05, 4.69) is 78.3 Å². The predicted molar refractivity (Wildman–Crippen MR) is 135 cm³/mol. The Kier molecular flexibility index (Phi) is 6.66. The maximum Gasteiger partial charge on any atom is 0.0642 e. The zero-order chi connectivity index (χ0) is 21.6. The van der Waals surface area contributed by atoms with E-state index < -0.39 is 0 Å². The molecular formula is C27H34N4. The topological polar surface area (TPSA) is 62.1 Å². The van der Waals surface area contributed by atoms with Crippen LogP contribution < -0.4 is 21.7 Å². The summed E-state index contributed by atoms with van der Waals surface area (Å²) in [4.78, 5) is 0. The van der Waals surface area contributed by atoms with Crippen LogP contribution in [0, 0.1) is 0 Å². The van der Waals surface area contributed by atoms with Gasteiger partial charge in [0, 0.05) is 17.9 Å². The number of aryl methyl sites for hydroxylation is 2. The molecular weight excluding hydrogens is 380 g/mol. The van der Waals surface area contributed by atoms with E-state index in [0.29, 0.717) is 0 Å². The van der Waals surface area contributed by atoms with Crippen LogP contribution in [0.2, 0.25) is 0 Å². The highest BCUT2D eigenvalue weighted by molar-refractivity contribution is 5.88. The van der Waals surface area contributed by atoms with Crippen molar-refractivity contribution in [2.24, 2.45) is 0 Å². The van der Waals surface area contributed by atoms with E-state index in [1.807, 2.05) is 6.07 Å². The molecule has 1 aliphatic rings. The lowest BCUT2D eigenvalue weighted by Gasteiger charge is -2.16. The number of hydrogen-bond donors (Lipinski definition) is 4. The Morgan fingerprint density at radius 2 is 1.52 bits per heavy atom. The third-order valence-corrected chi connectivity index (χ3v) is 5.97. The lowest BCUT2D eigenvalue weighted by Crippen LogP contribution is -2.01. The summed E-state index contributed by atoms with van der Waals surface area (Å²) in [5.74, 6) is 0. The van der Waals surface area contributed by atoms with Crippen LogP contribution in [0.5, 0.6) is 0 Å². The molecule has 1 aliphatic heterocycles. The van der Waals surface area contributed by atoms with Gasteiger partial charge in [0.15, 0.2) is 0 Å². The van der Waals surface area contributed by atoms with Crippen LogP contribution in [0.1, 0.15) is 56.2 Å². The molecule has 4 nitrogen and oxygen atoms in total. The Morgan fingerprint density at radius 3 is 2.26 bits per heavy atom. The number of nitrogen functional groups attached to an aromatic ring is 1. The third kappa shape index (κ3) is 5.13. The van der Waals surface area contributed by atoms with Gasteiger partial charge in [-0.1, -0.05) is 51.0 Å². The van der Waals surface area contributed by atoms with E-state index >= 15 is 0 Å². The number of rotatable bonds is 8. The third-order valence-electron chi connectivity index (χ3n) is 5.97. The first-order chi connectivity index (χ1) is 15.2. The standard InChI is InChI=1S/C27H34N4/c1-3-5-7-19-9-12-22(13-10-19)30-25-17-27-26(16-23(25)28)29-18-21-15-20(8-6-4-2)11-14-24(21)31-27/h9-17,29-31H,3-8,18,28H2,1-2H3. The molecule has 0 saturated carbocycles. The van der Waals surface area contributed by atoms with Crippen LogP contribution in [0.15, 0.2) is 54.6 Å². The Balaban J connectivity index is 1.53. The van der Waals surface area contributed by atoms with E-state index in [9.17, 15) is 0 Å². The predicted octanol–water partition coefficient (Wildman–Crippen LogP) is 7.37. The number of unbranched alkanes of at least 4 members (excludes halogenated alkanes) is 2. The quantitative estimate of drug-likeness (QED) is 0.291. The van der Waals surface area contributed by atoms with Crippen LogP contribution in [-0.2, 0) is 19.4 Å². The molecule has 0 fully saturated rings. The average Bonchev–Trinajstić information content (AvgIpc) is 2.96. The summed E-state index contributed by atoms with van der Waals surface area (Å²) in [6, 6.07) is 19.5. The number of benzene rings is 3. The molecule has 162 valence electrons. The van der Waals surface area contributed by atoms with Gasteiger partial charge in [-0.25, -0.2) is 0 Å². The van der Waals surface area contributed by atoms with E-state index in [4.69, 9.17) is 5.73 Å². The summed E-state index contributed by atoms with van der Waals surface area (Å²) >= 11 is 0. The minimum atomic E-state index is 0.734. The normalized spacial score (nSPS) is 12.2. The first-order valence-electron chi connectivity index (χ1n) is 11.6. The largest absolute Gasteiger partial charge is 0.397 e. The van der Waals surface area contributed by atoms with Crippen LogP contribution in [0.25, 0.3) is 0 Å². The fourth-order valence-electron chi connectivity index (χ4n) is 4.05. The van der Waals surface area contributed by atoms with E-state index in [1.165, 1.54) is 42.4 Å². The van der Waals surface area contributed by atoms with Gasteiger partial charge < -0.3 is 21.7 Å². The van der Waals surface area contributed by atoms with Gasteiger partial charge in [0.1, 0.15) is 0 Å². The highest BCUT2D eigenvalue weighted by Crippen LogP contribution is 2.38. The number of anilines is 6. The molecule has 31 heavy (non-hydrogen) atoms. The van der Waals surface area contributed by atoms with Gasteiger partial charge >= 0.3 is 0 Å². The summed E-state index contributed by atoms with van der Waals surface area (Å²) in [6.45, 7) is 5.25. The monoisotopic (exact) mass is 414 g/mol. The van der Waals surface area contributed by atoms with Gasteiger partial charge in [0.2, 0.25) is 0 Å². The van der Waals surface area contributed by atoms with E-state index in [1.54, 1.807) is 0 Å². The first kappa shape index (κ1) is 21.1. The molecule has 0 radical (unpaired) electrons. The van der Waals surface area contributed by atoms with Gasteiger partial charge in [-0.15, -0.1) is 0 Å². The minimum absolute atomic E-state index is 0.734. The Hall–Kier alpha value is -3.14. The minimum Gasteiger partial charge on any atom is -0.397 e. The zero-order valence-corrected chi connectivity index (χ0v) is 18.7. The lowest BCUT2D eigenvalue weighted by molar-refractivity contribution is 0.794. The molecule has 4 heteroatoms. The molecule has 3 aromatic rings. The molecule has 0 spiro atoms. The average molecular weight is 415 g/mol. The highest BCUT2D eigenvalue weighted by Gasteiger charge is 2.15. The van der Waals surface area contributed by atoms with Crippen molar-refractivity contribution in [3.8, 4) is 0 Å². The summed E-state index contributed by atoms with van der Waals surface area (Å²) in [5.41, 5.74) is 16.4. The van der Waals surface area contributed by atoms with Crippen molar-refractivity contribution in [1.29, 1.82) is 0 Å². The van der Waals surface area contributed by atoms with Crippen molar-refractivity contribution >= 4 is 34.1 Å². The van der Waals surface area contributed by atoms with Crippen LogP contribution in [0.3, 0.4) is 0 Å². The van der Waals surface area contributed by atoms with Crippen molar-refractivity contribution in [2.75, 3.05) is 21.7 Å². The van der Waals surface area contributed by atoms with Gasteiger partial charge in [0.05, 0.1) is 22.7 Å². The zero-order valence-electron chi connectivity index (χ0n) is 18.7. The molecule has 0 atom stereocenters. The Labute approximate surface area is 186 Å². The molecule has 0 aromatic heterocycles. The summed E-state index contributed by atoms with van der Waals surface area (Å²) in [7, 11) is 0. The van der Waals surface area contributed by atoms with Crippen LogP contribution >= 0.6 is 0 Å². The smallest absolute Gasteiger partial charge is 0.0642 e. The molecule has 0 amide bonds.